The Hall–Kier alpha value is -2.36. The predicted octanol–water partition coefficient (Wildman–Crippen LogP) is 4.51. The van der Waals surface area contributed by atoms with Crippen molar-refractivity contribution in [2.45, 2.75) is 19.9 Å². The zero-order valence-electron chi connectivity index (χ0n) is 15.6. The second-order valence-electron chi connectivity index (χ2n) is 6.46. The molecule has 26 heavy (non-hydrogen) atoms. The second-order valence-corrected chi connectivity index (χ2v) is 6.46. The quantitative estimate of drug-likeness (QED) is 0.577. The lowest BCUT2D eigenvalue weighted by Crippen LogP contribution is -2.18. The summed E-state index contributed by atoms with van der Waals surface area (Å²) in [4.78, 5) is 0. The van der Waals surface area contributed by atoms with Gasteiger partial charge in [-0.3, -0.25) is 0 Å². The summed E-state index contributed by atoms with van der Waals surface area (Å²) < 4.78 is 11.1. The van der Waals surface area contributed by atoms with E-state index in [2.05, 4.69) is 72.9 Å². The smallest absolute Gasteiger partial charge is 0.124 e. The van der Waals surface area contributed by atoms with Crippen LogP contribution in [0.15, 0.2) is 60.7 Å². The Labute approximate surface area is 156 Å². The van der Waals surface area contributed by atoms with Crippen molar-refractivity contribution in [3.63, 3.8) is 0 Å². The Kier molecular flexibility index (Phi) is 6.64. The van der Waals surface area contributed by atoms with Gasteiger partial charge in [-0.2, -0.15) is 0 Å². The third kappa shape index (κ3) is 4.63. The average molecular weight is 349 g/mol. The third-order valence-electron chi connectivity index (χ3n) is 4.68. The maximum absolute atomic E-state index is 5.96. The highest BCUT2D eigenvalue weighted by Gasteiger charge is 2.09. The highest BCUT2D eigenvalue weighted by molar-refractivity contribution is 5.87. The molecular formula is C23H27NO2. The van der Waals surface area contributed by atoms with Gasteiger partial charge in [0.25, 0.3) is 0 Å². The molecule has 3 aromatic rings. The third-order valence-corrected chi connectivity index (χ3v) is 4.68. The van der Waals surface area contributed by atoms with Crippen LogP contribution in [0.4, 0.5) is 0 Å². The van der Waals surface area contributed by atoms with Gasteiger partial charge in [0.05, 0.1) is 6.61 Å². The highest BCUT2D eigenvalue weighted by Crippen LogP contribution is 2.28. The van der Waals surface area contributed by atoms with E-state index in [1.54, 1.807) is 7.11 Å². The minimum Gasteiger partial charge on any atom is -0.491 e. The average Bonchev–Trinajstić information content (AvgIpc) is 2.67. The molecule has 0 aliphatic carbocycles. The van der Waals surface area contributed by atoms with Crippen molar-refractivity contribution in [2.75, 3.05) is 26.9 Å². The molecule has 3 rings (SSSR count). The summed E-state index contributed by atoms with van der Waals surface area (Å²) >= 11 is 0. The Balaban J connectivity index is 1.70. The van der Waals surface area contributed by atoms with Crippen LogP contribution in [0.25, 0.3) is 10.8 Å². The lowest BCUT2D eigenvalue weighted by atomic mass is 10.0. The molecule has 136 valence electrons. The molecule has 0 atom stereocenters. The van der Waals surface area contributed by atoms with Crippen molar-refractivity contribution in [2.24, 2.45) is 0 Å². The van der Waals surface area contributed by atoms with Gasteiger partial charge in [0, 0.05) is 19.2 Å². The minimum atomic E-state index is 0.561. The van der Waals surface area contributed by atoms with E-state index >= 15 is 0 Å². The van der Waals surface area contributed by atoms with Gasteiger partial charge in [-0.25, -0.2) is 0 Å². The van der Waals surface area contributed by atoms with E-state index in [4.69, 9.17) is 9.47 Å². The number of hydrogen-bond acceptors (Lipinski definition) is 3. The molecule has 0 unspecified atom stereocenters. The standard InChI is InChI=1S/C23H27NO2/c1-18-7-3-4-8-19(18)13-14-24-17-22-21-10-6-5-9-20(21)11-12-23(22)26-16-15-25-2/h3-12,24H,13-17H2,1-2H3. The molecule has 1 N–H and O–H groups in total. The molecule has 0 saturated heterocycles. The van der Waals surface area contributed by atoms with Crippen molar-refractivity contribution >= 4 is 10.8 Å². The van der Waals surface area contributed by atoms with Gasteiger partial charge >= 0.3 is 0 Å². The van der Waals surface area contributed by atoms with Crippen LogP contribution in [0.1, 0.15) is 16.7 Å². The van der Waals surface area contributed by atoms with Crippen molar-refractivity contribution in [1.29, 1.82) is 0 Å². The van der Waals surface area contributed by atoms with Crippen LogP contribution in [-0.4, -0.2) is 26.9 Å². The first-order chi connectivity index (χ1) is 12.8. The number of aryl methyl sites for hydroxylation is 1. The topological polar surface area (TPSA) is 30.5 Å². The van der Waals surface area contributed by atoms with Gasteiger partial charge in [-0.1, -0.05) is 54.6 Å². The Bertz CT molecular complexity index is 844. The summed E-state index contributed by atoms with van der Waals surface area (Å²) in [5.41, 5.74) is 3.96. The van der Waals surface area contributed by atoms with Crippen LogP contribution in [0.3, 0.4) is 0 Å². The minimum absolute atomic E-state index is 0.561. The highest BCUT2D eigenvalue weighted by atomic mass is 16.5. The SMILES string of the molecule is COCCOc1ccc2ccccc2c1CNCCc1ccccc1C. The summed E-state index contributed by atoms with van der Waals surface area (Å²) in [6.07, 6.45) is 1.03. The Morgan fingerprint density at radius 1 is 0.885 bits per heavy atom. The van der Waals surface area contributed by atoms with E-state index in [1.807, 2.05) is 0 Å². The van der Waals surface area contributed by atoms with E-state index in [1.165, 1.54) is 27.5 Å². The molecular weight excluding hydrogens is 322 g/mol. The van der Waals surface area contributed by atoms with Crippen LogP contribution in [0.5, 0.6) is 5.75 Å². The first-order valence-electron chi connectivity index (χ1n) is 9.17. The van der Waals surface area contributed by atoms with Crippen molar-refractivity contribution in [1.82, 2.24) is 5.32 Å². The van der Waals surface area contributed by atoms with Gasteiger partial charge in [0.2, 0.25) is 0 Å². The molecule has 0 fully saturated rings. The molecule has 0 heterocycles. The maximum atomic E-state index is 5.96. The fraction of sp³-hybridized carbons (Fsp3) is 0.304. The number of hydrogen-bond donors (Lipinski definition) is 1. The van der Waals surface area contributed by atoms with E-state index in [9.17, 15) is 0 Å². The summed E-state index contributed by atoms with van der Waals surface area (Å²) in [6.45, 7) is 5.04. The van der Waals surface area contributed by atoms with E-state index < -0.39 is 0 Å². The summed E-state index contributed by atoms with van der Waals surface area (Å²) in [5, 5.41) is 6.07. The summed E-state index contributed by atoms with van der Waals surface area (Å²) in [7, 11) is 1.69. The lowest BCUT2D eigenvalue weighted by Gasteiger charge is -2.15. The Morgan fingerprint density at radius 3 is 2.54 bits per heavy atom. The number of nitrogens with one attached hydrogen (secondary N) is 1. The first kappa shape index (κ1) is 18.4. The molecule has 0 saturated carbocycles. The molecule has 3 nitrogen and oxygen atoms in total. The summed E-state index contributed by atoms with van der Waals surface area (Å²) in [6, 6.07) is 21.2. The van der Waals surface area contributed by atoms with E-state index in [0.717, 1.165) is 25.3 Å². The zero-order chi connectivity index (χ0) is 18.2. The van der Waals surface area contributed by atoms with Crippen LogP contribution in [0.2, 0.25) is 0 Å². The van der Waals surface area contributed by atoms with Crippen molar-refractivity contribution < 1.29 is 9.47 Å². The fourth-order valence-corrected chi connectivity index (χ4v) is 3.20. The lowest BCUT2D eigenvalue weighted by molar-refractivity contribution is 0.146. The largest absolute Gasteiger partial charge is 0.491 e. The van der Waals surface area contributed by atoms with E-state index in [0.29, 0.717) is 13.2 Å². The molecule has 0 spiro atoms. The number of ether oxygens (including phenoxy) is 2. The van der Waals surface area contributed by atoms with Crippen molar-refractivity contribution in [3.8, 4) is 5.75 Å². The molecule has 0 radical (unpaired) electrons. The normalized spacial score (nSPS) is 11.0. The van der Waals surface area contributed by atoms with Gasteiger partial charge in [-0.05, 0) is 47.9 Å². The maximum Gasteiger partial charge on any atom is 0.124 e. The van der Waals surface area contributed by atoms with Crippen LogP contribution < -0.4 is 10.1 Å². The number of fused-ring (bicyclic) bond motifs is 1. The molecule has 0 aromatic heterocycles. The molecule has 3 aromatic carbocycles. The van der Waals surface area contributed by atoms with Crippen LogP contribution >= 0.6 is 0 Å². The second kappa shape index (κ2) is 9.37. The van der Waals surface area contributed by atoms with Crippen molar-refractivity contribution in [3.05, 3.63) is 77.4 Å². The number of rotatable bonds is 9. The number of benzene rings is 3. The van der Waals surface area contributed by atoms with Gasteiger partial charge < -0.3 is 14.8 Å². The van der Waals surface area contributed by atoms with Crippen LogP contribution in [-0.2, 0) is 17.7 Å². The predicted molar refractivity (Wildman–Crippen MR) is 108 cm³/mol. The van der Waals surface area contributed by atoms with Gasteiger partial charge in [-0.15, -0.1) is 0 Å². The van der Waals surface area contributed by atoms with E-state index in [-0.39, 0.29) is 0 Å². The monoisotopic (exact) mass is 349 g/mol. The molecule has 0 bridgehead atoms. The number of methoxy groups -OCH3 is 1. The van der Waals surface area contributed by atoms with Crippen LogP contribution in [0, 0.1) is 6.92 Å². The van der Waals surface area contributed by atoms with Gasteiger partial charge in [0.15, 0.2) is 0 Å². The fourth-order valence-electron chi connectivity index (χ4n) is 3.20. The molecule has 0 aliphatic rings. The molecule has 3 heteroatoms. The first-order valence-corrected chi connectivity index (χ1v) is 9.17. The summed E-state index contributed by atoms with van der Waals surface area (Å²) in [5.74, 6) is 0.934. The molecule has 0 aliphatic heterocycles. The zero-order valence-corrected chi connectivity index (χ0v) is 15.6. The molecule has 0 amide bonds. The Morgan fingerprint density at radius 2 is 1.69 bits per heavy atom. The van der Waals surface area contributed by atoms with Gasteiger partial charge in [0.1, 0.15) is 12.4 Å².